The Kier molecular flexibility index (Phi) is 18.6. The molecule has 1 saturated heterocycles. The minimum Gasteiger partial charge on any atom is -0.474 e. The number of amides is 2. The molecule has 2 unspecified atom stereocenters. The quantitative estimate of drug-likeness (QED) is 0.0307. The monoisotopic (exact) mass is 1250 g/mol. The van der Waals surface area contributed by atoms with Crippen molar-refractivity contribution < 1.29 is 46.1 Å². The van der Waals surface area contributed by atoms with E-state index in [9.17, 15) is 36.6 Å². The average molecular weight is 1250 g/mol. The molecule has 11 rings (SSSR count). The summed E-state index contributed by atoms with van der Waals surface area (Å²) in [6, 6.07) is 18.7. The Labute approximate surface area is 513 Å². The van der Waals surface area contributed by atoms with E-state index in [0.29, 0.717) is 84.7 Å². The molecule has 87 heavy (non-hydrogen) atoms. The molecule has 4 fully saturated rings. The number of hydrogen-bond acceptors (Lipinski definition) is 19. The Morgan fingerprint density at radius 2 is 1.44 bits per heavy atom. The smallest absolute Gasteiger partial charge is 0.281 e. The van der Waals surface area contributed by atoms with Crippen LogP contribution in [0.4, 0.5) is 17.5 Å². The van der Waals surface area contributed by atoms with Crippen LogP contribution in [0, 0.1) is 28.1 Å². The van der Waals surface area contributed by atoms with Crippen molar-refractivity contribution in [1.82, 2.24) is 48.9 Å². The van der Waals surface area contributed by atoms with Gasteiger partial charge in [0.25, 0.3) is 31.9 Å². The summed E-state index contributed by atoms with van der Waals surface area (Å²) >= 11 is 6.29. The van der Waals surface area contributed by atoms with Gasteiger partial charge in [-0.1, -0.05) is 51.4 Å². The van der Waals surface area contributed by atoms with Crippen molar-refractivity contribution in [1.29, 1.82) is 0 Å². The van der Waals surface area contributed by atoms with E-state index in [4.69, 9.17) is 26.1 Å². The maximum atomic E-state index is 13.6. The summed E-state index contributed by atoms with van der Waals surface area (Å²) in [7, 11) is -8.52. The lowest BCUT2D eigenvalue weighted by atomic mass is 9.89. The molecule has 468 valence electrons. The second kappa shape index (κ2) is 25.7. The van der Waals surface area contributed by atoms with Crippen molar-refractivity contribution in [2.24, 2.45) is 28.1 Å². The van der Waals surface area contributed by atoms with Gasteiger partial charge in [-0.05, 0) is 180 Å². The van der Waals surface area contributed by atoms with Crippen LogP contribution in [0.25, 0.3) is 11.6 Å². The van der Waals surface area contributed by atoms with Gasteiger partial charge in [-0.25, -0.2) is 38.7 Å². The lowest BCUT2D eigenvalue weighted by Crippen LogP contribution is -2.41. The predicted octanol–water partition coefficient (Wildman–Crippen LogP) is 8.90. The number of hydrogen-bond donors (Lipinski definition) is 6. The maximum absolute atomic E-state index is 13.6. The summed E-state index contributed by atoms with van der Waals surface area (Å²) in [6.45, 7) is 15.5. The number of aliphatic hydroxyl groups is 2. The number of fused-ring (bicyclic) bond motifs is 6. The topological polar surface area (TPSA) is 300 Å². The molecule has 26 heteroatoms. The molecule has 0 spiro atoms. The summed E-state index contributed by atoms with van der Waals surface area (Å²) in [5.74, 6) is 2.03. The van der Waals surface area contributed by atoms with Gasteiger partial charge in [0.05, 0.1) is 23.3 Å². The number of carbonyl (C=O) groups excluding carboxylic acids is 2. The van der Waals surface area contributed by atoms with Crippen LogP contribution in [-0.2, 0) is 20.0 Å². The largest absolute Gasteiger partial charge is 0.474 e. The van der Waals surface area contributed by atoms with Crippen molar-refractivity contribution in [3.05, 3.63) is 101 Å². The Morgan fingerprint density at radius 3 is 2.07 bits per heavy atom. The second-order valence-corrected chi connectivity index (χ2v) is 29.8. The van der Waals surface area contributed by atoms with Crippen molar-refractivity contribution in [3.63, 3.8) is 0 Å². The highest BCUT2D eigenvalue weighted by Gasteiger charge is 2.42. The van der Waals surface area contributed by atoms with Crippen LogP contribution < -0.4 is 34.5 Å². The zero-order valence-corrected chi connectivity index (χ0v) is 52.6. The summed E-state index contributed by atoms with van der Waals surface area (Å²) < 4.78 is 70.9. The molecule has 23 nitrogen and oxygen atoms in total. The lowest BCUT2D eigenvalue weighted by molar-refractivity contribution is 0.0809. The summed E-state index contributed by atoms with van der Waals surface area (Å²) in [5, 5.41) is 35.0. The van der Waals surface area contributed by atoms with E-state index in [1.54, 1.807) is 65.6 Å². The summed E-state index contributed by atoms with van der Waals surface area (Å²) in [4.78, 5) is 46.1. The predicted molar refractivity (Wildman–Crippen MR) is 329 cm³/mol. The van der Waals surface area contributed by atoms with Gasteiger partial charge in [0.1, 0.15) is 35.8 Å². The van der Waals surface area contributed by atoms with E-state index in [1.807, 2.05) is 4.72 Å². The van der Waals surface area contributed by atoms with E-state index >= 15 is 0 Å². The number of sulfonamides is 2. The molecule has 6 aromatic rings. The molecular formula is C61H80ClN13O10S2. The molecule has 3 saturated carbocycles. The highest BCUT2D eigenvalue weighted by Crippen LogP contribution is 2.50. The number of anilines is 3. The highest BCUT2D eigenvalue weighted by atomic mass is 35.5. The van der Waals surface area contributed by atoms with Crippen LogP contribution in [0.15, 0.2) is 95.2 Å². The van der Waals surface area contributed by atoms with Gasteiger partial charge in [0, 0.05) is 49.7 Å². The van der Waals surface area contributed by atoms with Gasteiger partial charge in [-0.3, -0.25) is 9.59 Å². The van der Waals surface area contributed by atoms with Crippen LogP contribution in [-0.4, -0.2) is 129 Å². The Morgan fingerprint density at radius 1 is 0.793 bits per heavy atom. The van der Waals surface area contributed by atoms with Gasteiger partial charge in [0.2, 0.25) is 11.8 Å². The van der Waals surface area contributed by atoms with E-state index in [-0.39, 0.29) is 55.9 Å². The number of halogens is 1. The number of ether oxygens (including phenoxy) is 2. The molecular weight excluding hydrogens is 1170 g/mol. The number of aliphatic hydroxyl groups excluding tert-OH is 2. The van der Waals surface area contributed by atoms with Crippen LogP contribution in [0.3, 0.4) is 0 Å². The molecule has 0 radical (unpaired) electrons. The molecule has 8 heterocycles. The second-order valence-electron chi connectivity index (χ2n) is 26.2. The molecule has 0 aromatic carbocycles. The molecule has 2 aliphatic heterocycles. The van der Waals surface area contributed by atoms with Gasteiger partial charge >= 0.3 is 0 Å². The maximum Gasteiger partial charge on any atom is 0.281 e. The number of pyridine rings is 4. The zero-order chi connectivity index (χ0) is 61.9. The van der Waals surface area contributed by atoms with Crippen molar-refractivity contribution in [2.45, 2.75) is 159 Å². The molecule has 5 aliphatic rings. The van der Waals surface area contributed by atoms with Crippen molar-refractivity contribution >= 4 is 60.9 Å². The first kappa shape index (κ1) is 63.1. The fourth-order valence-corrected chi connectivity index (χ4v) is 14.0. The van der Waals surface area contributed by atoms with Crippen molar-refractivity contribution in [3.8, 4) is 23.4 Å². The third-order valence-electron chi connectivity index (χ3n) is 17.2. The van der Waals surface area contributed by atoms with E-state index in [2.05, 4.69) is 86.9 Å². The van der Waals surface area contributed by atoms with Crippen LogP contribution in [0.2, 0.25) is 5.15 Å². The van der Waals surface area contributed by atoms with Gasteiger partial charge < -0.3 is 35.2 Å². The van der Waals surface area contributed by atoms with Crippen LogP contribution in [0.1, 0.15) is 152 Å². The molecule has 4 atom stereocenters. The highest BCUT2D eigenvalue weighted by molar-refractivity contribution is 7.90. The first-order chi connectivity index (χ1) is 41.2. The minimum atomic E-state index is -4.28. The van der Waals surface area contributed by atoms with Crippen molar-refractivity contribution in [2.75, 3.05) is 48.4 Å². The normalized spacial score (nSPS) is 21.0. The van der Waals surface area contributed by atoms with E-state index in [1.165, 1.54) is 48.2 Å². The third-order valence-corrected chi connectivity index (χ3v) is 20.0. The fourth-order valence-electron chi connectivity index (χ4n) is 11.9. The summed E-state index contributed by atoms with van der Waals surface area (Å²) in [6.07, 6.45) is 16.6. The lowest BCUT2D eigenvalue weighted by Gasteiger charge is -2.34. The Hall–Kier alpha value is -6.93. The molecule has 4 bridgehead atoms. The number of rotatable bonds is 20. The Balaban J connectivity index is 0.000000193. The number of carbonyl (C=O) groups is 2. The van der Waals surface area contributed by atoms with E-state index < -0.39 is 44.1 Å². The Bertz CT molecular complexity index is 3680. The first-order valence-corrected chi connectivity index (χ1v) is 33.3. The molecule has 6 N–H and O–H groups in total. The van der Waals surface area contributed by atoms with E-state index in [0.717, 1.165) is 63.7 Å². The van der Waals surface area contributed by atoms with Crippen LogP contribution >= 0.6 is 11.6 Å². The SMILES string of the molecule is CC1(C)CC[C@@H](CCCNc2cccc(S(=O)(=O)NC(=O)c3ccc(-n4ccc(OCC(O)CC5(C)CC5)n4)nc3Cl)n2)C1.CC1(CC(O)COc2ccn(-c3ccc4c(n3)N3C[C@@H](CCCNc5cccc(n5)S(=O)(=O)NC4=O)CC3(C)C)n2)CC1. The summed E-state index contributed by atoms with van der Waals surface area (Å²) in [5.41, 5.74) is 0.543. The van der Waals surface area contributed by atoms with Gasteiger partial charge in [-0.2, -0.15) is 16.8 Å². The number of nitrogens with zero attached hydrogens (tertiary/aromatic N) is 9. The average Bonchev–Trinajstić information content (AvgIpc) is 1.99. The van der Waals surface area contributed by atoms with Gasteiger partial charge in [0.15, 0.2) is 21.7 Å². The minimum absolute atomic E-state index is 0.122. The van der Waals surface area contributed by atoms with Crippen LogP contribution in [0.5, 0.6) is 11.8 Å². The van der Waals surface area contributed by atoms with Gasteiger partial charge in [-0.15, -0.1) is 10.2 Å². The number of aromatic nitrogens is 8. The molecule has 2 amide bonds. The first-order valence-electron chi connectivity index (χ1n) is 30.0. The number of nitrogens with one attached hydrogen (secondary N) is 4. The fraction of sp³-hybridized carbons (Fsp3) is 0.541. The molecule has 3 aliphatic carbocycles. The standard InChI is InChI=1S/C31H41ClN6O5S.C30H39N7O5S/c1-30(2)13-11-21(18-30)6-5-16-33-24-7-4-8-27(34-24)44(41,42)37-29(40)23-9-10-25(35-28(23)32)38-17-12-26(36-38)43-20-22(39)19-31(3)14-15-31;1-29(2)16-20-6-5-14-31-23-7-4-8-26(32-23)43(40,41)35-28(39)22-9-10-24(33-27(22)36(29)18-20)37-15-11-25(34-37)42-19-21(38)17-30(3)12-13-30/h4,7-10,12,17,21-22,39H,5-6,11,13-16,18-20H2,1-3H3,(H,33,34)(H,37,40);4,7-11,15,20-21,38H,5-6,12-14,16-19H2,1-3H3,(H,31,32)(H,35,39)/t21-,22?;20-,21?/m10/s1. The zero-order valence-electron chi connectivity index (χ0n) is 50.2. The third kappa shape index (κ3) is 16.4. The molecule has 6 aromatic heterocycles.